The normalized spacial score (nSPS) is 18.4. The van der Waals surface area contributed by atoms with Crippen molar-refractivity contribution in [2.45, 2.75) is 31.5 Å². The van der Waals surface area contributed by atoms with E-state index < -0.39 is 11.6 Å². The summed E-state index contributed by atoms with van der Waals surface area (Å²) >= 11 is 0. The van der Waals surface area contributed by atoms with Gasteiger partial charge in [0.15, 0.2) is 0 Å². The molecule has 1 aromatic heterocycles. The fourth-order valence-electron chi connectivity index (χ4n) is 3.02. The first kappa shape index (κ1) is 17.4. The lowest BCUT2D eigenvalue weighted by atomic mass is 10.1. The van der Waals surface area contributed by atoms with E-state index in [4.69, 9.17) is 14.9 Å². The summed E-state index contributed by atoms with van der Waals surface area (Å²) < 4.78 is 37.1. The van der Waals surface area contributed by atoms with Crippen LogP contribution in [0.4, 0.5) is 14.8 Å². The number of anilines is 1. The van der Waals surface area contributed by atoms with Crippen molar-refractivity contribution in [1.82, 2.24) is 15.5 Å². The molecule has 0 radical (unpaired) electrons. The summed E-state index contributed by atoms with van der Waals surface area (Å²) in [5.74, 6) is 0.307. The van der Waals surface area contributed by atoms with E-state index in [9.17, 15) is 8.78 Å². The highest BCUT2D eigenvalue weighted by Gasteiger charge is 2.38. The average Bonchev–Trinajstić information content (AvgIpc) is 3.30. The van der Waals surface area contributed by atoms with Crippen LogP contribution in [0, 0.1) is 11.6 Å². The van der Waals surface area contributed by atoms with Gasteiger partial charge < -0.3 is 20.2 Å². The molecule has 1 aliphatic carbocycles. The second-order valence-electron chi connectivity index (χ2n) is 6.50. The molecule has 1 aliphatic rings. The minimum Gasteiger partial charge on any atom is -0.489 e. The summed E-state index contributed by atoms with van der Waals surface area (Å²) in [4.78, 5) is 0. The highest BCUT2D eigenvalue weighted by atomic mass is 19.1. The maximum absolute atomic E-state index is 13.2. The van der Waals surface area contributed by atoms with Crippen molar-refractivity contribution >= 4 is 6.01 Å². The van der Waals surface area contributed by atoms with Crippen molar-refractivity contribution in [3.05, 3.63) is 71.1 Å². The molecule has 2 atom stereocenters. The molecule has 0 bridgehead atoms. The minimum atomic E-state index is -0.612. The number of rotatable bonds is 7. The van der Waals surface area contributed by atoms with Crippen molar-refractivity contribution in [2.24, 2.45) is 0 Å². The molecule has 0 aliphatic heterocycles. The van der Waals surface area contributed by atoms with Crippen LogP contribution in [-0.4, -0.2) is 16.2 Å². The molecular formula is C19H18F2N4O2. The number of nitrogens with one attached hydrogen (secondary N) is 1. The van der Waals surface area contributed by atoms with E-state index >= 15 is 0 Å². The summed E-state index contributed by atoms with van der Waals surface area (Å²) in [5.41, 5.74) is 7.04. The predicted molar refractivity (Wildman–Crippen MR) is 93.8 cm³/mol. The van der Waals surface area contributed by atoms with Crippen molar-refractivity contribution in [2.75, 3.05) is 5.73 Å². The number of halogens is 2. The predicted octanol–water partition coefficient (Wildman–Crippen LogP) is 3.15. The summed E-state index contributed by atoms with van der Waals surface area (Å²) in [6.45, 7) is 0.589. The van der Waals surface area contributed by atoms with Crippen LogP contribution in [0.15, 0.2) is 46.9 Å². The van der Waals surface area contributed by atoms with Gasteiger partial charge in [-0.05, 0) is 41.8 Å². The lowest BCUT2D eigenvalue weighted by Crippen LogP contribution is -2.17. The van der Waals surface area contributed by atoms with Crippen molar-refractivity contribution < 1.29 is 17.9 Å². The van der Waals surface area contributed by atoms with Gasteiger partial charge in [-0.15, -0.1) is 5.10 Å². The smallest absolute Gasteiger partial charge is 0.312 e. The van der Waals surface area contributed by atoms with Crippen LogP contribution in [0.3, 0.4) is 0 Å². The number of hydrogen-bond acceptors (Lipinski definition) is 6. The van der Waals surface area contributed by atoms with Crippen LogP contribution in [-0.2, 0) is 13.2 Å². The van der Waals surface area contributed by atoms with Gasteiger partial charge >= 0.3 is 6.01 Å². The fraction of sp³-hybridized carbons (Fsp3) is 0.263. The Kier molecular flexibility index (Phi) is 4.72. The summed E-state index contributed by atoms with van der Waals surface area (Å²) in [7, 11) is 0. The molecule has 2 unspecified atom stereocenters. The highest BCUT2D eigenvalue weighted by Crippen LogP contribution is 2.41. The molecule has 1 saturated carbocycles. The maximum Gasteiger partial charge on any atom is 0.312 e. The van der Waals surface area contributed by atoms with E-state index in [-0.39, 0.29) is 12.6 Å². The largest absolute Gasteiger partial charge is 0.489 e. The van der Waals surface area contributed by atoms with E-state index in [0.717, 1.165) is 12.5 Å². The zero-order valence-electron chi connectivity index (χ0n) is 14.4. The third-order valence-corrected chi connectivity index (χ3v) is 4.42. The molecule has 27 heavy (non-hydrogen) atoms. The molecular weight excluding hydrogens is 354 g/mol. The molecule has 3 aromatic rings. The molecule has 140 valence electrons. The third-order valence-electron chi connectivity index (χ3n) is 4.42. The lowest BCUT2D eigenvalue weighted by molar-refractivity contribution is 0.304. The molecule has 1 heterocycles. The molecule has 0 saturated heterocycles. The van der Waals surface area contributed by atoms with Crippen molar-refractivity contribution in [3.63, 3.8) is 0 Å². The van der Waals surface area contributed by atoms with Crippen LogP contribution >= 0.6 is 0 Å². The van der Waals surface area contributed by atoms with Gasteiger partial charge in [0.2, 0.25) is 5.89 Å². The number of ether oxygens (including phenoxy) is 1. The third kappa shape index (κ3) is 4.40. The number of nitrogens with two attached hydrogens (primary N) is 1. The van der Waals surface area contributed by atoms with Crippen molar-refractivity contribution in [1.29, 1.82) is 0 Å². The molecule has 2 aromatic carbocycles. The Morgan fingerprint density at radius 3 is 2.52 bits per heavy atom. The number of benzene rings is 2. The minimum absolute atomic E-state index is 0.0655. The van der Waals surface area contributed by atoms with Crippen LogP contribution in [0.25, 0.3) is 0 Å². The SMILES string of the molecule is Nc1nnc(CNC2CC2c2ccc(OCc3cc(F)cc(F)c3)cc2)o1. The first-order chi connectivity index (χ1) is 13.1. The van der Waals surface area contributed by atoms with Crippen LogP contribution in [0.2, 0.25) is 0 Å². The van der Waals surface area contributed by atoms with Crippen molar-refractivity contribution in [3.8, 4) is 5.75 Å². The maximum atomic E-state index is 13.2. The van der Waals surface area contributed by atoms with Gasteiger partial charge in [-0.25, -0.2) is 8.78 Å². The molecule has 3 N–H and O–H groups in total. The van der Waals surface area contributed by atoms with E-state index in [1.54, 1.807) is 0 Å². The molecule has 4 rings (SSSR count). The van der Waals surface area contributed by atoms with Gasteiger partial charge in [-0.2, -0.15) is 0 Å². The number of aromatic nitrogens is 2. The Labute approximate surface area is 154 Å². The lowest BCUT2D eigenvalue weighted by Gasteiger charge is -2.08. The van der Waals surface area contributed by atoms with Gasteiger partial charge in [0.25, 0.3) is 0 Å². The van der Waals surface area contributed by atoms with E-state index in [2.05, 4.69) is 15.5 Å². The number of hydrogen-bond donors (Lipinski definition) is 2. The Hall–Kier alpha value is -3.00. The summed E-state index contributed by atoms with van der Waals surface area (Å²) in [6.07, 6.45) is 1.02. The van der Waals surface area contributed by atoms with E-state index in [0.29, 0.717) is 35.7 Å². The van der Waals surface area contributed by atoms with Crippen LogP contribution in [0.1, 0.15) is 29.4 Å². The van der Waals surface area contributed by atoms with Gasteiger partial charge in [-0.3, -0.25) is 0 Å². The first-order valence-electron chi connectivity index (χ1n) is 8.56. The first-order valence-corrected chi connectivity index (χ1v) is 8.56. The average molecular weight is 372 g/mol. The van der Waals surface area contributed by atoms with E-state index in [1.165, 1.54) is 17.7 Å². The van der Waals surface area contributed by atoms with Gasteiger partial charge in [0.05, 0.1) is 6.54 Å². The molecule has 6 nitrogen and oxygen atoms in total. The van der Waals surface area contributed by atoms with Gasteiger partial charge in [-0.1, -0.05) is 17.2 Å². The Bertz CT molecular complexity index is 909. The number of nitrogen functional groups attached to an aromatic ring is 1. The van der Waals surface area contributed by atoms with Gasteiger partial charge in [0, 0.05) is 18.0 Å². The second kappa shape index (κ2) is 7.32. The van der Waals surface area contributed by atoms with E-state index in [1.807, 2.05) is 24.3 Å². The summed E-state index contributed by atoms with van der Waals surface area (Å²) in [6, 6.07) is 11.5. The quantitative estimate of drug-likeness (QED) is 0.663. The molecule has 8 heteroatoms. The molecule has 0 amide bonds. The number of nitrogens with zero attached hydrogens (tertiary/aromatic N) is 2. The molecule has 0 spiro atoms. The zero-order chi connectivity index (χ0) is 18.8. The Morgan fingerprint density at radius 2 is 1.85 bits per heavy atom. The molecule has 1 fully saturated rings. The van der Waals surface area contributed by atoms with Crippen LogP contribution < -0.4 is 15.8 Å². The fourth-order valence-corrected chi connectivity index (χ4v) is 3.02. The monoisotopic (exact) mass is 372 g/mol. The topological polar surface area (TPSA) is 86.2 Å². The Balaban J connectivity index is 1.28. The second-order valence-corrected chi connectivity index (χ2v) is 6.50. The zero-order valence-corrected chi connectivity index (χ0v) is 14.4. The van der Waals surface area contributed by atoms with Crippen LogP contribution in [0.5, 0.6) is 5.75 Å². The standard InChI is InChI=1S/C19H18F2N4O2/c20-13-5-11(6-14(21)7-13)10-26-15-3-1-12(2-4-15)16-8-17(16)23-9-18-24-25-19(22)27-18/h1-7,16-17,23H,8-10H2,(H2,22,25). The summed E-state index contributed by atoms with van der Waals surface area (Å²) in [5, 5.41) is 10.8. The highest BCUT2D eigenvalue weighted by molar-refractivity contribution is 5.34. The Morgan fingerprint density at radius 1 is 1.11 bits per heavy atom. The van der Waals surface area contributed by atoms with Gasteiger partial charge in [0.1, 0.15) is 24.0 Å².